The molecular weight excluding hydrogens is 348 g/mol. The summed E-state index contributed by atoms with van der Waals surface area (Å²) in [4.78, 5) is 14.2. The molecule has 0 bridgehead atoms. The van der Waals surface area contributed by atoms with E-state index in [-0.39, 0.29) is 12.5 Å². The number of aliphatic hydroxyl groups is 1. The number of nitriles is 1. The van der Waals surface area contributed by atoms with Crippen LogP contribution >= 0.6 is 0 Å². The molecule has 3 rings (SSSR count). The average molecular weight is 372 g/mol. The minimum atomic E-state index is -0.955. The van der Waals surface area contributed by atoms with Gasteiger partial charge in [-0.3, -0.25) is 4.79 Å². The van der Waals surface area contributed by atoms with Gasteiger partial charge in [0.1, 0.15) is 23.2 Å². The smallest absolute Gasteiger partial charge is 0.251 e. The van der Waals surface area contributed by atoms with E-state index in [0.29, 0.717) is 35.8 Å². The van der Waals surface area contributed by atoms with Gasteiger partial charge in [-0.25, -0.2) is 0 Å². The van der Waals surface area contributed by atoms with Crippen LogP contribution in [0.5, 0.6) is 5.75 Å². The Morgan fingerprint density at radius 1 is 1.41 bits per heavy atom. The third-order valence-corrected chi connectivity index (χ3v) is 4.85. The van der Waals surface area contributed by atoms with Crippen molar-refractivity contribution in [1.29, 1.82) is 5.26 Å². The van der Waals surface area contributed by atoms with Crippen LogP contribution in [0.4, 0.5) is 0 Å². The molecule has 1 aromatic rings. The van der Waals surface area contributed by atoms with Crippen LogP contribution in [0.1, 0.15) is 37.4 Å². The van der Waals surface area contributed by atoms with E-state index in [1.165, 1.54) is 6.08 Å². The lowest BCUT2D eigenvalue weighted by atomic mass is 9.85. The fourth-order valence-corrected chi connectivity index (χ4v) is 3.42. The average Bonchev–Trinajstić information content (AvgIpc) is 2.99. The highest BCUT2D eigenvalue weighted by molar-refractivity contribution is 5.91. The van der Waals surface area contributed by atoms with E-state index in [9.17, 15) is 15.2 Å². The van der Waals surface area contributed by atoms with Crippen molar-refractivity contribution in [3.05, 3.63) is 41.2 Å². The molecule has 0 saturated heterocycles. The molecule has 0 aliphatic carbocycles. The zero-order valence-corrected chi connectivity index (χ0v) is 15.8. The summed E-state index contributed by atoms with van der Waals surface area (Å²) in [5, 5.41) is 20.2. The van der Waals surface area contributed by atoms with Gasteiger partial charge in [0.2, 0.25) is 0 Å². The number of rotatable bonds is 6. The molecule has 2 aliphatic rings. The van der Waals surface area contributed by atoms with E-state index in [2.05, 4.69) is 6.07 Å². The quantitative estimate of drug-likeness (QED) is 0.767. The zero-order chi connectivity index (χ0) is 19.6. The summed E-state index contributed by atoms with van der Waals surface area (Å²) in [5.74, 6) is 0.897. The lowest BCUT2D eigenvalue weighted by Crippen LogP contribution is -2.54. The topological polar surface area (TPSA) is 92.0 Å². The van der Waals surface area contributed by atoms with Crippen molar-refractivity contribution in [2.45, 2.75) is 38.0 Å². The number of nitrogens with zero attached hydrogens (tertiary/aromatic N) is 2. The summed E-state index contributed by atoms with van der Waals surface area (Å²) in [6, 6.07) is 6.52. The maximum Gasteiger partial charge on any atom is 0.251 e. The largest absolute Gasteiger partial charge is 0.496 e. The first-order valence-electron chi connectivity index (χ1n) is 8.91. The molecule has 0 unspecified atom stereocenters. The van der Waals surface area contributed by atoms with E-state index in [1.54, 1.807) is 44.1 Å². The molecule has 27 heavy (non-hydrogen) atoms. The summed E-state index contributed by atoms with van der Waals surface area (Å²) >= 11 is 0. The van der Waals surface area contributed by atoms with Crippen molar-refractivity contribution in [3.8, 4) is 11.8 Å². The molecule has 0 fully saturated rings. The number of carbonyl (C=O) groups is 1. The van der Waals surface area contributed by atoms with Gasteiger partial charge < -0.3 is 24.2 Å². The van der Waals surface area contributed by atoms with Crippen molar-refractivity contribution < 1.29 is 24.1 Å². The second-order valence-electron chi connectivity index (χ2n) is 7.23. The van der Waals surface area contributed by atoms with Crippen molar-refractivity contribution in [2.24, 2.45) is 0 Å². The minimum Gasteiger partial charge on any atom is -0.496 e. The number of hydrogen-bond acceptors (Lipinski definition) is 6. The Bertz CT molecular complexity index is 796. The molecule has 1 amide bonds. The summed E-state index contributed by atoms with van der Waals surface area (Å²) < 4.78 is 16.6. The van der Waals surface area contributed by atoms with Crippen LogP contribution in [0.25, 0.3) is 0 Å². The van der Waals surface area contributed by atoms with Crippen LogP contribution in [-0.4, -0.2) is 54.5 Å². The molecule has 7 heteroatoms. The van der Waals surface area contributed by atoms with Crippen molar-refractivity contribution >= 4 is 5.91 Å². The number of amides is 1. The fraction of sp³-hybridized carbons (Fsp3) is 0.500. The predicted octanol–water partition coefficient (Wildman–Crippen LogP) is 1.91. The Hall–Kier alpha value is -2.56. The number of ether oxygens (including phenoxy) is 3. The number of fused-ring (bicyclic) bond motifs is 1. The standard InChI is InChI=1S/C20H24N2O5/c1-20(2)19(24)18(15-9-13(11-21)5-6-16(15)27-20)22-12-14(10-17(22)23)26-8-4-7-25-3/h5-6,9-10,18-19,24H,4,7-8,12H2,1-3H3/t18-,19+/m1/s1. The molecule has 0 radical (unpaired) electrons. The molecule has 2 atom stereocenters. The van der Waals surface area contributed by atoms with E-state index in [0.717, 1.165) is 6.42 Å². The Morgan fingerprint density at radius 2 is 2.19 bits per heavy atom. The van der Waals surface area contributed by atoms with E-state index in [4.69, 9.17) is 14.2 Å². The van der Waals surface area contributed by atoms with Gasteiger partial charge >= 0.3 is 0 Å². The summed E-state index contributed by atoms with van der Waals surface area (Å²) in [6.07, 6.45) is 1.23. The summed E-state index contributed by atoms with van der Waals surface area (Å²) in [7, 11) is 1.63. The van der Waals surface area contributed by atoms with Gasteiger partial charge in [-0.15, -0.1) is 0 Å². The van der Waals surface area contributed by atoms with E-state index in [1.807, 2.05) is 0 Å². The lowest BCUT2D eigenvalue weighted by Gasteiger charge is -2.45. The second kappa shape index (κ2) is 7.59. The zero-order valence-electron chi connectivity index (χ0n) is 15.8. The van der Waals surface area contributed by atoms with Gasteiger partial charge in [0.05, 0.1) is 30.8 Å². The Labute approximate surface area is 158 Å². The molecule has 2 aliphatic heterocycles. The highest BCUT2D eigenvalue weighted by Crippen LogP contribution is 2.44. The third kappa shape index (κ3) is 3.77. The van der Waals surface area contributed by atoms with Crippen LogP contribution in [-0.2, 0) is 14.3 Å². The Balaban J connectivity index is 1.85. The third-order valence-electron chi connectivity index (χ3n) is 4.85. The molecule has 7 nitrogen and oxygen atoms in total. The van der Waals surface area contributed by atoms with Crippen LogP contribution in [0.2, 0.25) is 0 Å². The number of aliphatic hydroxyl groups excluding tert-OH is 1. The Kier molecular flexibility index (Phi) is 5.40. The molecule has 1 aromatic carbocycles. The molecule has 0 spiro atoms. The molecule has 144 valence electrons. The molecule has 0 saturated carbocycles. The molecular formula is C20H24N2O5. The van der Waals surface area contributed by atoms with Crippen molar-refractivity contribution in [1.82, 2.24) is 4.90 Å². The van der Waals surface area contributed by atoms with Gasteiger partial charge in [0.15, 0.2) is 0 Å². The molecule has 0 aromatic heterocycles. The summed E-state index contributed by atoms with van der Waals surface area (Å²) in [6.45, 7) is 4.86. The first-order valence-corrected chi connectivity index (χ1v) is 8.91. The highest BCUT2D eigenvalue weighted by Gasteiger charge is 2.47. The molecule has 1 N–H and O–H groups in total. The van der Waals surface area contributed by atoms with Crippen LogP contribution < -0.4 is 4.74 Å². The van der Waals surface area contributed by atoms with Crippen LogP contribution in [0.3, 0.4) is 0 Å². The fourth-order valence-electron chi connectivity index (χ4n) is 3.42. The minimum absolute atomic E-state index is 0.230. The molecule has 2 heterocycles. The highest BCUT2D eigenvalue weighted by atomic mass is 16.5. The Morgan fingerprint density at radius 3 is 2.89 bits per heavy atom. The monoisotopic (exact) mass is 372 g/mol. The van der Waals surface area contributed by atoms with Gasteiger partial charge in [0.25, 0.3) is 5.91 Å². The second-order valence-corrected chi connectivity index (χ2v) is 7.23. The van der Waals surface area contributed by atoms with Gasteiger partial charge in [-0.05, 0) is 32.0 Å². The maximum atomic E-state index is 12.6. The number of methoxy groups -OCH3 is 1. The van der Waals surface area contributed by atoms with Gasteiger partial charge in [-0.2, -0.15) is 5.26 Å². The maximum absolute atomic E-state index is 12.6. The van der Waals surface area contributed by atoms with Gasteiger partial charge in [0, 0.05) is 31.8 Å². The summed E-state index contributed by atoms with van der Waals surface area (Å²) in [5.41, 5.74) is 0.196. The van der Waals surface area contributed by atoms with Crippen molar-refractivity contribution in [2.75, 3.05) is 26.9 Å². The first kappa shape index (κ1) is 19.2. The van der Waals surface area contributed by atoms with E-state index >= 15 is 0 Å². The predicted molar refractivity (Wildman–Crippen MR) is 96.9 cm³/mol. The van der Waals surface area contributed by atoms with Crippen molar-refractivity contribution in [3.63, 3.8) is 0 Å². The number of hydrogen-bond donors (Lipinski definition) is 1. The lowest BCUT2D eigenvalue weighted by molar-refractivity contribution is -0.137. The normalized spacial score (nSPS) is 23.3. The number of benzene rings is 1. The van der Waals surface area contributed by atoms with Crippen LogP contribution in [0.15, 0.2) is 30.0 Å². The first-order chi connectivity index (χ1) is 12.9. The SMILES string of the molecule is COCCCOC1=CC(=O)N([C@@H]2c3cc(C#N)ccc3OC(C)(C)[C@H]2O)C1. The number of carbonyl (C=O) groups excluding carboxylic acids is 1. The van der Waals surface area contributed by atoms with Crippen LogP contribution in [0, 0.1) is 11.3 Å². The van der Waals surface area contributed by atoms with Gasteiger partial charge in [-0.1, -0.05) is 0 Å². The van der Waals surface area contributed by atoms with E-state index < -0.39 is 17.7 Å².